The minimum absolute atomic E-state index is 0.136. The molecule has 10 heteroatoms. The van der Waals surface area contributed by atoms with Crippen LogP contribution in [0.2, 0.25) is 0 Å². The first-order valence-electron chi connectivity index (χ1n) is 7.68. The van der Waals surface area contributed by atoms with E-state index in [-0.39, 0.29) is 17.3 Å². The highest BCUT2D eigenvalue weighted by molar-refractivity contribution is 8.00. The fourth-order valence-electron chi connectivity index (χ4n) is 2.14. The number of hydrogen-bond acceptors (Lipinski definition) is 7. The first-order valence-corrected chi connectivity index (χ1v) is 8.56. The Balaban J connectivity index is 2.16. The minimum Gasteiger partial charge on any atom is -0.495 e. The van der Waals surface area contributed by atoms with E-state index in [1.807, 2.05) is 11.5 Å². The van der Waals surface area contributed by atoms with Gasteiger partial charge in [-0.25, -0.2) is 0 Å². The fraction of sp³-hybridized carbons (Fsp3) is 0.312. The normalized spacial score (nSPS) is 11.7. The molecule has 0 radical (unpaired) electrons. The van der Waals surface area contributed by atoms with E-state index < -0.39 is 10.2 Å². The Labute approximate surface area is 154 Å². The van der Waals surface area contributed by atoms with Crippen molar-refractivity contribution in [2.75, 3.05) is 12.4 Å². The number of amides is 1. The van der Waals surface area contributed by atoms with E-state index in [9.17, 15) is 14.9 Å². The molecule has 0 spiro atoms. The molecule has 1 atom stereocenters. The largest absolute Gasteiger partial charge is 0.495 e. The van der Waals surface area contributed by atoms with E-state index in [0.717, 1.165) is 5.82 Å². The van der Waals surface area contributed by atoms with Crippen molar-refractivity contribution in [3.63, 3.8) is 0 Å². The van der Waals surface area contributed by atoms with Crippen LogP contribution in [0.4, 0.5) is 11.4 Å². The highest BCUT2D eigenvalue weighted by Gasteiger charge is 2.21. The fourth-order valence-corrected chi connectivity index (χ4v) is 3.05. The molecule has 0 aliphatic carbocycles. The maximum atomic E-state index is 12.5. The molecule has 2 rings (SSSR count). The van der Waals surface area contributed by atoms with Crippen molar-refractivity contribution < 1.29 is 14.5 Å². The number of nitrogens with one attached hydrogen (secondary N) is 1. The Morgan fingerprint density at radius 2 is 2.27 bits per heavy atom. The number of ether oxygens (including phenoxy) is 1. The molecule has 2 aromatic rings. The summed E-state index contributed by atoms with van der Waals surface area (Å²) in [6, 6.07) is 4.02. The summed E-state index contributed by atoms with van der Waals surface area (Å²) in [5.74, 6) is 0.729. The average Bonchev–Trinajstić information content (AvgIpc) is 2.95. The summed E-state index contributed by atoms with van der Waals surface area (Å²) in [6.45, 7) is 7.76. The molecule has 0 saturated carbocycles. The van der Waals surface area contributed by atoms with E-state index in [0.29, 0.717) is 17.5 Å². The lowest BCUT2D eigenvalue weighted by Crippen LogP contribution is -2.23. The maximum absolute atomic E-state index is 12.5. The van der Waals surface area contributed by atoms with Crippen molar-refractivity contribution >= 4 is 29.0 Å². The highest BCUT2D eigenvalue weighted by Crippen LogP contribution is 2.30. The van der Waals surface area contributed by atoms with E-state index in [1.54, 1.807) is 13.0 Å². The SMILES string of the molecule is C=CCn1c(C)nnc1S[C@H](C)C(=O)Nc1cc([N+](=O)[O-])ccc1OC. The molecular weight excluding hydrogens is 358 g/mol. The van der Waals surface area contributed by atoms with Crippen LogP contribution in [0.1, 0.15) is 12.7 Å². The molecule has 1 N–H and O–H groups in total. The van der Waals surface area contributed by atoms with Gasteiger partial charge in [0.05, 0.1) is 23.0 Å². The smallest absolute Gasteiger partial charge is 0.271 e. The van der Waals surface area contributed by atoms with Gasteiger partial charge in [-0.1, -0.05) is 17.8 Å². The molecule has 0 fully saturated rings. The molecule has 26 heavy (non-hydrogen) atoms. The third-order valence-corrected chi connectivity index (χ3v) is 4.60. The van der Waals surface area contributed by atoms with Crippen molar-refractivity contribution in [1.29, 1.82) is 0 Å². The molecular formula is C16H19N5O4S. The summed E-state index contributed by atoms with van der Waals surface area (Å²) in [5.41, 5.74) is 0.102. The number of carbonyl (C=O) groups excluding carboxylic acids is 1. The summed E-state index contributed by atoms with van der Waals surface area (Å²) in [5, 5.41) is 21.8. The molecule has 1 heterocycles. The lowest BCUT2D eigenvalue weighted by atomic mass is 10.2. The Hall–Kier alpha value is -2.88. The summed E-state index contributed by atoms with van der Waals surface area (Å²) in [4.78, 5) is 22.9. The molecule has 1 aromatic carbocycles. The van der Waals surface area contributed by atoms with Gasteiger partial charge in [-0.15, -0.1) is 16.8 Å². The molecule has 0 bridgehead atoms. The van der Waals surface area contributed by atoms with Gasteiger partial charge in [0.1, 0.15) is 11.6 Å². The standard InChI is InChI=1S/C16H19N5O4S/c1-5-8-20-11(3)18-19-16(20)26-10(2)15(22)17-13-9-12(21(23)24)6-7-14(13)25-4/h5-7,9-10H,1,8H2,2-4H3,(H,17,22)/t10-/m1/s1. The molecule has 9 nitrogen and oxygen atoms in total. The quantitative estimate of drug-likeness (QED) is 0.326. The Morgan fingerprint density at radius 1 is 1.54 bits per heavy atom. The summed E-state index contributed by atoms with van der Waals surface area (Å²) in [7, 11) is 1.43. The van der Waals surface area contributed by atoms with Gasteiger partial charge < -0.3 is 14.6 Å². The monoisotopic (exact) mass is 377 g/mol. The maximum Gasteiger partial charge on any atom is 0.271 e. The minimum atomic E-state index is -0.534. The molecule has 0 saturated heterocycles. The molecule has 1 amide bonds. The summed E-state index contributed by atoms with van der Waals surface area (Å²) in [6.07, 6.45) is 1.72. The molecule has 0 aliphatic rings. The van der Waals surface area contributed by atoms with Crippen LogP contribution in [0.3, 0.4) is 0 Å². The van der Waals surface area contributed by atoms with E-state index in [1.165, 1.54) is 37.1 Å². The number of non-ortho nitro benzene ring substituents is 1. The number of carbonyl (C=O) groups is 1. The number of nitro groups is 1. The van der Waals surface area contributed by atoms with Crippen LogP contribution in [0, 0.1) is 17.0 Å². The van der Waals surface area contributed by atoms with Gasteiger partial charge in [-0.05, 0) is 19.9 Å². The van der Waals surface area contributed by atoms with Gasteiger partial charge >= 0.3 is 0 Å². The zero-order valence-corrected chi connectivity index (χ0v) is 15.4. The first kappa shape index (κ1) is 19.4. The number of aromatic nitrogens is 3. The van der Waals surface area contributed by atoms with Gasteiger partial charge in [0.2, 0.25) is 5.91 Å². The number of hydrogen-bond donors (Lipinski definition) is 1. The average molecular weight is 377 g/mol. The van der Waals surface area contributed by atoms with Crippen LogP contribution in [-0.2, 0) is 11.3 Å². The zero-order valence-electron chi connectivity index (χ0n) is 14.6. The number of benzene rings is 1. The molecule has 138 valence electrons. The molecule has 0 aliphatic heterocycles. The topological polar surface area (TPSA) is 112 Å². The highest BCUT2D eigenvalue weighted by atomic mass is 32.2. The van der Waals surface area contributed by atoms with Gasteiger partial charge in [0.25, 0.3) is 5.69 Å². The second-order valence-corrected chi connectivity index (χ2v) is 6.63. The second kappa shape index (κ2) is 8.48. The van der Waals surface area contributed by atoms with Crippen LogP contribution >= 0.6 is 11.8 Å². The number of thioether (sulfide) groups is 1. The van der Waals surface area contributed by atoms with Gasteiger partial charge in [-0.3, -0.25) is 14.9 Å². The van der Waals surface area contributed by atoms with Crippen molar-refractivity contribution in [3.8, 4) is 5.75 Å². The lowest BCUT2D eigenvalue weighted by Gasteiger charge is -2.14. The van der Waals surface area contributed by atoms with Crippen LogP contribution in [0.15, 0.2) is 36.0 Å². The van der Waals surface area contributed by atoms with Gasteiger partial charge in [0, 0.05) is 18.7 Å². The van der Waals surface area contributed by atoms with Crippen molar-refractivity contribution in [1.82, 2.24) is 14.8 Å². The zero-order chi connectivity index (χ0) is 19.3. The number of methoxy groups -OCH3 is 1. The Bertz CT molecular complexity index is 836. The number of allylic oxidation sites excluding steroid dienone is 1. The van der Waals surface area contributed by atoms with E-state index in [4.69, 9.17) is 4.74 Å². The first-order chi connectivity index (χ1) is 12.4. The number of nitrogens with zero attached hydrogens (tertiary/aromatic N) is 4. The van der Waals surface area contributed by atoms with E-state index >= 15 is 0 Å². The number of rotatable bonds is 8. The van der Waals surface area contributed by atoms with Crippen LogP contribution in [0.25, 0.3) is 0 Å². The summed E-state index contributed by atoms with van der Waals surface area (Å²) >= 11 is 1.24. The third kappa shape index (κ3) is 4.39. The number of nitro benzene ring substituents is 1. The van der Waals surface area contributed by atoms with Gasteiger partial charge in [-0.2, -0.15) is 0 Å². The predicted octanol–water partition coefficient (Wildman–Crippen LogP) is 2.81. The third-order valence-electron chi connectivity index (χ3n) is 3.52. The van der Waals surface area contributed by atoms with Crippen LogP contribution < -0.4 is 10.1 Å². The van der Waals surface area contributed by atoms with Crippen molar-refractivity contribution in [3.05, 3.63) is 46.8 Å². The van der Waals surface area contributed by atoms with Crippen molar-refractivity contribution in [2.24, 2.45) is 0 Å². The Morgan fingerprint density at radius 3 is 2.88 bits per heavy atom. The number of aryl methyl sites for hydroxylation is 1. The van der Waals surface area contributed by atoms with Gasteiger partial charge in [0.15, 0.2) is 5.16 Å². The lowest BCUT2D eigenvalue weighted by molar-refractivity contribution is -0.384. The van der Waals surface area contributed by atoms with Crippen LogP contribution in [0.5, 0.6) is 5.75 Å². The molecule has 1 aromatic heterocycles. The summed E-state index contributed by atoms with van der Waals surface area (Å²) < 4.78 is 6.99. The Kier molecular flexibility index (Phi) is 6.34. The number of anilines is 1. The molecule has 0 unspecified atom stereocenters. The second-order valence-electron chi connectivity index (χ2n) is 5.32. The van der Waals surface area contributed by atoms with Crippen molar-refractivity contribution in [2.45, 2.75) is 30.8 Å². The predicted molar refractivity (Wildman–Crippen MR) is 98.6 cm³/mol. The van der Waals surface area contributed by atoms with Crippen LogP contribution in [-0.4, -0.2) is 38.0 Å². The van der Waals surface area contributed by atoms with E-state index in [2.05, 4.69) is 22.1 Å².